The van der Waals surface area contributed by atoms with Crippen LogP contribution in [0.5, 0.6) is 0 Å². The first-order chi connectivity index (χ1) is 10.5. The lowest BCUT2D eigenvalue weighted by molar-refractivity contribution is 0.182. The average molecular weight is 396 g/mol. The van der Waals surface area contributed by atoms with Gasteiger partial charge in [0.1, 0.15) is 6.10 Å². The first-order valence-electron chi connectivity index (χ1n) is 6.62. The van der Waals surface area contributed by atoms with Crippen LogP contribution < -0.4 is 0 Å². The summed E-state index contributed by atoms with van der Waals surface area (Å²) in [6.07, 6.45) is 1.15. The summed E-state index contributed by atoms with van der Waals surface area (Å²) in [5.74, 6) is 3.41. The van der Waals surface area contributed by atoms with Gasteiger partial charge >= 0.3 is 10.4 Å². The highest BCUT2D eigenvalue weighted by Crippen LogP contribution is 2.10. The van der Waals surface area contributed by atoms with E-state index >= 15 is 0 Å². The van der Waals surface area contributed by atoms with Crippen LogP contribution in [0.15, 0.2) is 0 Å². The Kier molecular flexibility index (Phi) is 7.86. The van der Waals surface area contributed by atoms with Gasteiger partial charge in [0, 0.05) is 5.87 Å². The van der Waals surface area contributed by atoms with Gasteiger partial charge in [-0.2, -0.15) is 16.8 Å². The summed E-state index contributed by atoms with van der Waals surface area (Å²) in [5.41, 5.74) is 0. The van der Waals surface area contributed by atoms with E-state index in [1.54, 1.807) is 6.92 Å². The lowest BCUT2D eigenvalue weighted by atomic mass is 10.5. The lowest BCUT2D eigenvalue weighted by Gasteiger charge is -2.14. The van der Waals surface area contributed by atoms with Gasteiger partial charge in [0.25, 0.3) is 10.1 Å². The molecule has 138 valence electrons. The number of rotatable bonds is 0. The van der Waals surface area contributed by atoms with Crippen LogP contribution >= 0.6 is 0 Å². The Morgan fingerprint density at radius 3 is 1.61 bits per heavy atom. The normalized spacial score (nSPS) is 30.4. The molecule has 0 radical (unpaired) electrons. The smallest absolute Gasteiger partial charge is 0.278 e. The van der Waals surface area contributed by atoms with Crippen molar-refractivity contribution in [1.82, 2.24) is 0 Å². The summed E-state index contributed by atoms with van der Waals surface area (Å²) in [7, 11) is -9.22. The highest BCUT2D eigenvalue weighted by Gasteiger charge is 2.25. The number of hydrogen-bond acceptors (Lipinski definition) is 10. The third-order valence-electron chi connectivity index (χ3n) is 2.35. The molecule has 3 fully saturated rings. The molecule has 23 heavy (non-hydrogen) atoms. The van der Waals surface area contributed by atoms with E-state index in [-0.39, 0.29) is 18.5 Å². The molecule has 3 saturated heterocycles. The molecular formula is C10H20O10S3. The van der Waals surface area contributed by atoms with E-state index in [1.807, 2.05) is 0 Å². The summed E-state index contributed by atoms with van der Waals surface area (Å²) >= 11 is 0. The molecule has 0 aliphatic carbocycles. The zero-order valence-corrected chi connectivity index (χ0v) is 15.0. The van der Waals surface area contributed by atoms with Crippen LogP contribution in [0.25, 0.3) is 0 Å². The Morgan fingerprint density at radius 2 is 1.43 bits per heavy atom. The maximum atomic E-state index is 10.7. The van der Waals surface area contributed by atoms with E-state index in [9.17, 15) is 21.0 Å². The topological polar surface area (TPSA) is 132 Å². The Labute approximate surface area is 136 Å². The fourth-order valence-corrected chi connectivity index (χ4v) is 4.03. The summed E-state index contributed by atoms with van der Waals surface area (Å²) in [4.78, 5) is 0. The molecule has 1 atom stereocenters. The largest absolute Gasteiger partial charge is 0.400 e. The van der Waals surface area contributed by atoms with Gasteiger partial charge in [0.05, 0.1) is 32.2 Å². The van der Waals surface area contributed by atoms with Gasteiger partial charge < -0.3 is 0 Å². The van der Waals surface area contributed by atoms with E-state index in [4.69, 9.17) is 0 Å². The van der Waals surface area contributed by atoms with E-state index in [0.29, 0.717) is 26.2 Å². The first-order valence-corrected chi connectivity index (χ1v) is 11.1. The van der Waals surface area contributed by atoms with Crippen molar-refractivity contribution in [3.63, 3.8) is 0 Å². The Morgan fingerprint density at radius 1 is 0.870 bits per heavy atom. The van der Waals surface area contributed by atoms with Crippen molar-refractivity contribution < 1.29 is 42.0 Å². The molecule has 0 spiro atoms. The van der Waals surface area contributed by atoms with E-state index in [2.05, 4.69) is 26.8 Å². The molecule has 0 aromatic rings. The summed E-state index contributed by atoms with van der Waals surface area (Å²) < 4.78 is 73.6. The molecule has 0 amide bonds. The minimum Gasteiger partial charge on any atom is -0.278 e. The fraction of sp³-hybridized carbons (Fsp3) is 0.900. The molecule has 3 aliphatic heterocycles. The Balaban J connectivity index is 0.000000173. The van der Waals surface area contributed by atoms with Crippen molar-refractivity contribution in [1.29, 1.82) is 0 Å². The average Bonchev–Trinajstić information content (AvgIpc) is 2.95. The van der Waals surface area contributed by atoms with Crippen LogP contribution in [0.2, 0.25) is 0 Å². The zero-order chi connectivity index (χ0) is 17.6. The third kappa shape index (κ3) is 9.56. The maximum Gasteiger partial charge on any atom is 0.400 e. The highest BCUT2D eigenvalue weighted by atomic mass is 32.3. The zero-order valence-electron chi connectivity index (χ0n) is 12.5. The lowest BCUT2D eigenvalue weighted by Crippen LogP contribution is -2.18. The molecule has 0 aromatic heterocycles. The van der Waals surface area contributed by atoms with Gasteiger partial charge in [-0.3, -0.25) is 12.5 Å². The van der Waals surface area contributed by atoms with Crippen LogP contribution in [0, 0.1) is 0 Å². The third-order valence-corrected chi connectivity index (χ3v) is 5.70. The number of hydrogen-bond donors (Lipinski definition) is 0. The summed E-state index contributed by atoms with van der Waals surface area (Å²) in [5, 5.41) is 0. The van der Waals surface area contributed by atoms with E-state index in [1.165, 1.54) is 0 Å². The molecule has 1 unspecified atom stereocenters. The molecular weight excluding hydrogens is 376 g/mol. The van der Waals surface area contributed by atoms with Crippen molar-refractivity contribution in [3.8, 4) is 0 Å². The molecule has 0 bridgehead atoms. The first kappa shape index (κ1) is 20.8. The predicted molar refractivity (Wildman–Crippen MR) is 81.6 cm³/mol. The van der Waals surface area contributed by atoms with Crippen LogP contribution in [0.3, 0.4) is 0 Å². The molecule has 0 aromatic carbocycles. The van der Waals surface area contributed by atoms with Crippen molar-refractivity contribution in [2.24, 2.45) is 0 Å². The monoisotopic (exact) mass is 396 g/mol. The molecule has 10 nitrogen and oxygen atoms in total. The summed E-state index contributed by atoms with van der Waals surface area (Å²) in [6, 6.07) is 0. The Bertz CT molecular complexity index is 617. The van der Waals surface area contributed by atoms with Gasteiger partial charge in [0.2, 0.25) is 0 Å². The molecule has 13 heteroatoms. The predicted octanol–water partition coefficient (Wildman–Crippen LogP) is -0.627. The fourth-order valence-electron chi connectivity index (χ4n) is 1.38. The highest BCUT2D eigenvalue weighted by molar-refractivity contribution is 7.91. The van der Waals surface area contributed by atoms with Crippen molar-refractivity contribution >= 4 is 36.5 Å². The molecule has 3 aliphatic rings. The molecule has 3 heterocycles. The Hall–Kier alpha value is -0.280. The van der Waals surface area contributed by atoms with Crippen molar-refractivity contribution in [3.05, 3.63) is 0 Å². The van der Waals surface area contributed by atoms with Gasteiger partial charge in [-0.25, -0.2) is 12.6 Å². The van der Waals surface area contributed by atoms with Crippen molar-refractivity contribution in [2.75, 3.05) is 32.2 Å². The van der Waals surface area contributed by atoms with E-state index in [0.717, 1.165) is 6.42 Å². The summed E-state index contributed by atoms with van der Waals surface area (Å²) in [6.45, 7) is 3.15. The standard InChI is InChI=1S/C4H8O3S.C3H6O4S.C3H6O3S/c1-8(5)6-3-2-4-7-8;1-3-2-6-8(4,5)7-3;4-7(5)3-1-2-6-7/h1-4H2;3H,2H2,1H3;1-3H2. The second kappa shape index (κ2) is 8.71. The maximum absolute atomic E-state index is 10.7. The van der Waals surface area contributed by atoms with Crippen molar-refractivity contribution in [2.45, 2.75) is 25.9 Å². The van der Waals surface area contributed by atoms with Gasteiger partial charge in [-0.1, -0.05) is 0 Å². The van der Waals surface area contributed by atoms with Crippen LogP contribution in [0.1, 0.15) is 19.8 Å². The quantitative estimate of drug-likeness (QED) is 0.385. The van der Waals surface area contributed by atoms with Gasteiger partial charge in [-0.15, -0.1) is 0 Å². The van der Waals surface area contributed by atoms with Crippen LogP contribution in [-0.4, -0.2) is 65.2 Å². The second-order valence-corrected chi connectivity index (χ2v) is 9.18. The minimum absolute atomic E-state index is 0.141. The van der Waals surface area contributed by atoms with Crippen LogP contribution in [-0.2, 0) is 51.5 Å². The van der Waals surface area contributed by atoms with E-state index < -0.39 is 30.6 Å². The van der Waals surface area contributed by atoms with Gasteiger partial charge in [-0.05, 0) is 19.8 Å². The minimum atomic E-state index is -3.60. The second-order valence-electron chi connectivity index (χ2n) is 4.59. The van der Waals surface area contributed by atoms with Crippen LogP contribution in [0.4, 0.5) is 0 Å². The van der Waals surface area contributed by atoms with Gasteiger partial charge in [0.15, 0.2) is 10.1 Å². The molecule has 0 N–H and O–H groups in total. The SMILES string of the molecule is C=S1(=O)OCCCO1.CC1COS(=O)(=O)O1.O=S1(=O)CCCO1. The molecule has 0 saturated carbocycles. The molecule has 3 rings (SSSR count).